The van der Waals surface area contributed by atoms with E-state index < -0.39 is 0 Å². The van der Waals surface area contributed by atoms with Gasteiger partial charge < -0.3 is 19.9 Å². The second kappa shape index (κ2) is 10.7. The zero-order valence-corrected chi connectivity index (χ0v) is 23.7. The third kappa shape index (κ3) is 5.23. The van der Waals surface area contributed by atoms with Gasteiger partial charge in [0.05, 0.1) is 12.8 Å². The van der Waals surface area contributed by atoms with Crippen molar-refractivity contribution >= 4 is 28.9 Å². The maximum Gasteiger partial charge on any atom is 0.258 e. The SMILES string of the molecule is COc1cc2c(cc1N1C[C@@H](C)N(C)[C@@H](C)C1)N(C(=O)c1ccc(-c3ccc(NC(C)=O)cc3C)cc1)CC2. The maximum absolute atomic E-state index is 13.7. The van der Waals surface area contributed by atoms with Crippen LogP contribution in [0.4, 0.5) is 17.1 Å². The first-order valence-corrected chi connectivity index (χ1v) is 13.6. The zero-order valence-electron chi connectivity index (χ0n) is 23.7. The molecule has 2 aliphatic rings. The smallest absolute Gasteiger partial charge is 0.258 e. The molecule has 204 valence electrons. The molecule has 2 heterocycles. The highest BCUT2D eigenvalue weighted by molar-refractivity contribution is 6.08. The van der Waals surface area contributed by atoms with Gasteiger partial charge in [0, 0.05) is 55.6 Å². The molecule has 5 rings (SSSR count). The minimum absolute atomic E-state index is 0.00857. The largest absolute Gasteiger partial charge is 0.495 e. The van der Waals surface area contributed by atoms with Crippen molar-refractivity contribution in [2.24, 2.45) is 0 Å². The number of amides is 2. The van der Waals surface area contributed by atoms with E-state index in [1.165, 1.54) is 6.92 Å². The van der Waals surface area contributed by atoms with Crippen LogP contribution < -0.4 is 19.9 Å². The predicted octanol–water partition coefficient (Wildman–Crippen LogP) is 5.36. The number of ether oxygens (including phenoxy) is 1. The topological polar surface area (TPSA) is 65.1 Å². The lowest BCUT2D eigenvalue weighted by molar-refractivity contribution is -0.114. The number of likely N-dealkylation sites (N-methyl/N-ethyl adjacent to an activating group) is 1. The van der Waals surface area contributed by atoms with Crippen LogP contribution in [-0.4, -0.2) is 62.6 Å². The van der Waals surface area contributed by atoms with Gasteiger partial charge >= 0.3 is 0 Å². The molecule has 7 heteroatoms. The van der Waals surface area contributed by atoms with Gasteiger partial charge in [0.1, 0.15) is 5.75 Å². The summed E-state index contributed by atoms with van der Waals surface area (Å²) in [5, 5.41) is 2.82. The summed E-state index contributed by atoms with van der Waals surface area (Å²) in [7, 11) is 3.91. The number of anilines is 3. The van der Waals surface area contributed by atoms with Crippen molar-refractivity contribution in [3.05, 3.63) is 71.3 Å². The molecule has 2 amide bonds. The molecule has 0 saturated carbocycles. The van der Waals surface area contributed by atoms with Crippen LogP contribution in [0, 0.1) is 6.92 Å². The fourth-order valence-corrected chi connectivity index (χ4v) is 5.84. The van der Waals surface area contributed by atoms with Crippen LogP contribution in [0.25, 0.3) is 11.1 Å². The fraction of sp³-hybridized carbons (Fsp3) is 0.375. The molecule has 0 aromatic heterocycles. The van der Waals surface area contributed by atoms with E-state index >= 15 is 0 Å². The first-order chi connectivity index (χ1) is 18.7. The number of carbonyl (C=O) groups excluding carboxylic acids is 2. The molecular formula is C32H38N4O3. The number of hydrogen-bond donors (Lipinski definition) is 1. The van der Waals surface area contributed by atoms with Gasteiger partial charge in [0.2, 0.25) is 5.91 Å². The average Bonchev–Trinajstić information content (AvgIpc) is 3.33. The number of methoxy groups -OCH3 is 1. The summed E-state index contributed by atoms with van der Waals surface area (Å²) in [5.41, 5.74) is 7.78. The van der Waals surface area contributed by atoms with Crippen LogP contribution in [-0.2, 0) is 11.2 Å². The Labute approximate surface area is 231 Å². The van der Waals surface area contributed by atoms with Gasteiger partial charge in [-0.05, 0) is 92.9 Å². The molecule has 1 saturated heterocycles. The Morgan fingerprint density at radius 3 is 2.26 bits per heavy atom. The number of carbonyl (C=O) groups is 2. The lowest BCUT2D eigenvalue weighted by Gasteiger charge is -2.44. The van der Waals surface area contributed by atoms with Crippen LogP contribution >= 0.6 is 0 Å². The Balaban J connectivity index is 1.39. The van der Waals surface area contributed by atoms with Crippen molar-refractivity contribution in [3.8, 4) is 16.9 Å². The molecule has 2 atom stereocenters. The summed E-state index contributed by atoms with van der Waals surface area (Å²) in [5.74, 6) is 0.789. The summed E-state index contributed by atoms with van der Waals surface area (Å²) < 4.78 is 5.81. The number of piperazine rings is 1. The van der Waals surface area contributed by atoms with Crippen molar-refractivity contribution in [1.29, 1.82) is 0 Å². The first kappa shape index (κ1) is 26.8. The second-order valence-electron chi connectivity index (χ2n) is 10.9. The number of nitrogens with zero attached hydrogens (tertiary/aromatic N) is 3. The van der Waals surface area contributed by atoms with E-state index in [9.17, 15) is 9.59 Å². The highest BCUT2D eigenvalue weighted by atomic mass is 16.5. The highest BCUT2D eigenvalue weighted by Gasteiger charge is 2.32. The maximum atomic E-state index is 13.7. The number of fused-ring (bicyclic) bond motifs is 1. The summed E-state index contributed by atoms with van der Waals surface area (Å²) in [6, 6.07) is 18.8. The Morgan fingerprint density at radius 1 is 0.949 bits per heavy atom. The van der Waals surface area contributed by atoms with E-state index in [-0.39, 0.29) is 11.8 Å². The van der Waals surface area contributed by atoms with Crippen LogP contribution in [0.3, 0.4) is 0 Å². The van der Waals surface area contributed by atoms with Gasteiger partial charge in [-0.25, -0.2) is 0 Å². The van der Waals surface area contributed by atoms with Crippen LogP contribution in [0.15, 0.2) is 54.6 Å². The molecule has 0 spiro atoms. The minimum Gasteiger partial charge on any atom is -0.495 e. The van der Waals surface area contributed by atoms with E-state index in [1.54, 1.807) is 7.11 Å². The van der Waals surface area contributed by atoms with E-state index in [1.807, 2.05) is 54.3 Å². The summed E-state index contributed by atoms with van der Waals surface area (Å²) in [6.07, 6.45) is 0.811. The van der Waals surface area contributed by atoms with Gasteiger partial charge in [0.25, 0.3) is 5.91 Å². The monoisotopic (exact) mass is 526 g/mol. The Hall–Kier alpha value is -3.84. The Kier molecular flexibility index (Phi) is 7.36. The molecule has 1 N–H and O–H groups in total. The molecule has 7 nitrogen and oxygen atoms in total. The zero-order chi connectivity index (χ0) is 27.8. The van der Waals surface area contributed by atoms with E-state index in [0.717, 1.165) is 64.6 Å². The van der Waals surface area contributed by atoms with E-state index in [0.29, 0.717) is 24.2 Å². The number of benzene rings is 3. The van der Waals surface area contributed by atoms with E-state index in [2.05, 4.69) is 48.1 Å². The van der Waals surface area contributed by atoms with Crippen LogP contribution in [0.5, 0.6) is 5.75 Å². The first-order valence-electron chi connectivity index (χ1n) is 13.6. The van der Waals surface area contributed by atoms with Crippen molar-refractivity contribution < 1.29 is 14.3 Å². The van der Waals surface area contributed by atoms with Gasteiger partial charge in [0.15, 0.2) is 0 Å². The van der Waals surface area contributed by atoms with Crippen molar-refractivity contribution in [1.82, 2.24) is 4.90 Å². The van der Waals surface area contributed by atoms with Crippen LogP contribution in [0.1, 0.15) is 42.3 Å². The number of aryl methyl sites for hydroxylation is 1. The van der Waals surface area contributed by atoms with E-state index in [4.69, 9.17) is 4.74 Å². The Morgan fingerprint density at radius 2 is 1.64 bits per heavy atom. The minimum atomic E-state index is -0.0910. The van der Waals surface area contributed by atoms with Crippen LogP contribution in [0.2, 0.25) is 0 Å². The molecule has 1 fully saturated rings. The molecule has 2 aliphatic heterocycles. The molecule has 3 aromatic rings. The summed E-state index contributed by atoms with van der Waals surface area (Å²) in [6.45, 7) is 10.5. The van der Waals surface area contributed by atoms with Gasteiger partial charge in [-0.1, -0.05) is 18.2 Å². The van der Waals surface area contributed by atoms with Gasteiger partial charge in [-0.3, -0.25) is 14.5 Å². The molecule has 3 aromatic carbocycles. The lowest BCUT2D eigenvalue weighted by atomic mass is 9.98. The summed E-state index contributed by atoms with van der Waals surface area (Å²) in [4.78, 5) is 31.8. The molecule has 0 unspecified atom stereocenters. The third-order valence-corrected chi connectivity index (χ3v) is 8.21. The van der Waals surface area contributed by atoms with Crippen molar-refractivity contribution in [3.63, 3.8) is 0 Å². The van der Waals surface area contributed by atoms with Gasteiger partial charge in [-0.2, -0.15) is 0 Å². The number of rotatable bonds is 5. The standard InChI is InChI=1S/C32H38N4O3/c1-20-15-27(33-23(4)37)11-12-28(20)24-7-9-25(10-8-24)32(38)36-14-13-26-16-31(39-6)30(17-29(26)36)35-18-21(2)34(5)22(3)19-35/h7-12,15-17,21-22H,13-14,18-19H2,1-6H3,(H,33,37)/t21-,22+. The number of hydrogen-bond acceptors (Lipinski definition) is 5. The predicted molar refractivity (Wildman–Crippen MR) is 158 cm³/mol. The number of nitrogens with one attached hydrogen (secondary N) is 1. The highest BCUT2D eigenvalue weighted by Crippen LogP contribution is 2.41. The average molecular weight is 527 g/mol. The van der Waals surface area contributed by atoms with Crippen molar-refractivity contribution in [2.75, 3.05) is 48.9 Å². The third-order valence-electron chi connectivity index (χ3n) is 8.21. The fourth-order valence-electron chi connectivity index (χ4n) is 5.84. The quantitative estimate of drug-likeness (QED) is 0.485. The molecule has 0 aliphatic carbocycles. The normalized spacial score (nSPS) is 19.1. The van der Waals surface area contributed by atoms with Crippen molar-refractivity contribution in [2.45, 2.75) is 46.2 Å². The Bertz CT molecular complexity index is 1390. The molecule has 0 bridgehead atoms. The molecule has 0 radical (unpaired) electrons. The summed E-state index contributed by atoms with van der Waals surface area (Å²) >= 11 is 0. The second-order valence-corrected chi connectivity index (χ2v) is 10.9. The molecular weight excluding hydrogens is 488 g/mol. The lowest BCUT2D eigenvalue weighted by Crippen LogP contribution is -2.55. The molecule has 39 heavy (non-hydrogen) atoms. The van der Waals surface area contributed by atoms with Gasteiger partial charge in [-0.15, -0.1) is 0 Å².